The average Bonchev–Trinajstić information content (AvgIpc) is 2.84. The van der Waals surface area contributed by atoms with Gasteiger partial charge in [0.2, 0.25) is 0 Å². The highest BCUT2D eigenvalue weighted by molar-refractivity contribution is 9.11. The molecule has 0 atom stereocenters. The summed E-state index contributed by atoms with van der Waals surface area (Å²) in [7, 11) is -3.83. The van der Waals surface area contributed by atoms with Gasteiger partial charge in [0.1, 0.15) is 4.88 Å². The van der Waals surface area contributed by atoms with E-state index in [0.29, 0.717) is 14.6 Å². The molecule has 1 heterocycles. The first kappa shape index (κ1) is 15.5. The van der Waals surface area contributed by atoms with Crippen LogP contribution in [0.4, 0.5) is 5.69 Å². The maximum absolute atomic E-state index is 12.2. The molecule has 9 heteroatoms. The number of hydrogen-bond donors (Lipinski definition) is 2. The van der Waals surface area contributed by atoms with E-state index in [1.54, 1.807) is 18.2 Å². The molecule has 0 unspecified atom stereocenters. The smallest absolute Gasteiger partial charge is 0.345 e. The van der Waals surface area contributed by atoms with Gasteiger partial charge in [0.15, 0.2) is 0 Å². The summed E-state index contributed by atoms with van der Waals surface area (Å²) in [6, 6.07) is 6.26. The van der Waals surface area contributed by atoms with E-state index in [1.807, 2.05) is 0 Å². The van der Waals surface area contributed by atoms with Gasteiger partial charge in [-0.25, -0.2) is 13.2 Å². The lowest BCUT2D eigenvalue weighted by Crippen LogP contribution is -2.13. The minimum atomic E-state index is -3.83. The third kappa shape index (κ3) is 3.22. The molecule has 0 aliphatic rings. The number of anilines is 1. The molecule has 106 valence electrons. The van der Waals surface area contributed by atoms with Crippen molar-refractivity contribution in [3.8, 4) is 0 Å². The number of carboxylic acids is 1. The lowest BCUT2D eigenvalue weighted by molar-refractivity contribution is 0.0702. The molecule has 2 aromatic rings. The first-order valence-electron chi connectivity index (χ1n) is 5.10. The number of thiophene rings is 1. The Hall–Kier alpha value is -0.900. The SMILES string of the molecule is O=C(O)c1cc(S(=O)(=O)Nc2c(Br)cccc2Br)cs1. The molecule has 0 saturated carbocycles. The molecule has 5 nitrogen and oxygen atoms in total. The minimum Gasteiger partial charge on any atom is -0.477 e. The first-order chi connectivity index (χ1) is 9.31. The van der Waals surface area contributed by atoms with Crippen molar-refractivity contribution in [3.63, 3.8) is 0 Å². The van der Waals surface area contributed by atoms with Crippen molar-refractivity contribution < 1.29 is 18.3 Å². The van der Waals surface area contributed by atoms with Crippen molar-refractivity contribution in [2.45, 2.75) is 4.90 Å². The molecule has 0 fully saturated rings. The molecule has 20 heavy (non-hydrogen) atoms. The Bertz CT molecular complexity index is 750. The summed E-state index contributed by atoms with van der Waals surface area (Å²) in [6.07, 6.45) is 0. The number of carbonyl (C=O) groups is 1. The van der Waals surface area contributed by atoms with Crippen LogP contribution >= 0.6 is 43.2 Å². The van der Waals surface area contributed by atoms with E-state index in [9.17, 15) is 13.2 Å². The third-order valence-electron chi connectivity index (χ3n) is 2.30. The van der Waals surface area contributed by atoms with Gasteiger partial charge in [-0.05, 0) is 50.1 Å². The summed E-state index contributed by atoms with van der Waals surface area (Å²) < 4.78 is 28.0. The zero-order valence-corrected chi connectivity index (χ0v) is 14.4. The summed E-state index contributed by atoms with van der Waals surface area (Å²) >= 11 is 7.37. The fourth-order valence-corrected chi connectivity index (χ4v) is 5.03. The second-order valence-corrected chi connectivity index (χ2v) is 7.96. The van der Waals surface area contributed by atoms with Crippen LogP contribution in [0.3, 0.4) is 0 Å². The molecular formula is C11H7Br2NO4S2. The second kappa shape index (κ2) is 5.84. The number of benzene rings is 1. The summed E-state index contributed by atoms with van der Waals surface area (Å²) in [6.45, 7) is 0. The Balaban J connectivity index is 2.38. The van der Waals surface area contributed by atoms with Crippen LogP contribution in [0.15, 0.2) is 43.5 Å². The van der Waals surface area contributed by atoms with Crippen LogP contribution in [-0.4, -0.2) is 19.5 Å². The largest absolute Gasteiger partial charge is 0.477 e. The fourth-order valence-electron chi connectivity index (χ4n) is 1.36. The number of nitrogens with one attached hydrogen (secondary N) is 1. The zero-order chi connectivity index (χ0) is 14.9. The van der Waals surface area contributed by atoms with Gasteiger partial charge in [-0.2, -0.15) is 0 Å². The van der Waals surface area contributed by atoms with Crippen molar-refractivity contribution >= 4 is 64.9 Å². The van der Waals surface area contributed by atoms with Gasteiger partial charge in [-0.1, -0.05) is 6.07 Å². The number of halogens is 2. The van der Waals surface area contributed by atoms with Crippen molar-refractivity contribution in [3.05, 3.63) is 43.5 Å². The Morgan fingerprint density at radius 3 is 2.35 bits per heavy atom. The van der Waals surface area contributed by atoms with Crippen molar-refractivity contribution in [2.75, 3.05) is 4.72 Å². The lowest BCUT2D eigenvalue weighted by Gasteiger charge is -2.10. The maximum atomic E-state index is 12.2. The molecule has 1 aromatic heterocycles. The number of rotatable bonds is 4. The molecule has 0 radical (unpaired) electrons. The van der Waals surface area contributed by atoms with Crippen LogP contribution < -0.4 is 4.72 Å². The molecule has 0 aliphatic carbocycles. The van der Waals surface area contributed by atoms with Crippen LogP contribution in [-0.2, 0) is 10.0 Å². The highest BCUT2D eigenvalue weighted by atomic mass is 79.9. The molecule has 0 saturated heterocycles. The number of sulfonamides is 1. The monoisotopic (exact) mass is 439 g/mol. The minimum absolute atomic E-state index is 0.0310. The Kier molecular flexibility index (Phi) is 4.52. The van der Waals surface area contributed by atoms with Crippen LogP contribution in [0.1, 0.15) is 9.67 Å². The van der Waals surface area contributed by atoms with E-state index in [1.165, 1.54) is 5.38 Å². The molecule has 2 N–H and O–H groups in total. The number of aromatic carboxylic acids is 1. The molecular weight excluding hydrogens is 434 g/mol. The molecule has 0 spiro atoms. The van der Waals surface area contributed by atoms with Crippen molar-refractivity contribution in [1.29, 1.82) is 0 Å². The van der Waals surface area contributed by atoms with Gasteiger partial charge in [0.05, 0.1) is 10.6 Å². The lowest BCUT2D eigenvalue weighted by atomic mass is 10.3. The number of hydrogen-bond acceptors (Lipinski definition) is 4. The molecule has 1 aromatic carbocycles. The van der Waals surface area contributed by atoms with Crippen LogP contribution in [0.5, 0.6) is 0 Å². The summed E-state index contributed by atoms with van der Waals surface area (Å²) in [4.78, 5) is 10.7. The highest BCUT2D eigenvalue weighted by Gasteiger charge is 2.20. The molecule has 2 rings (SSSR count). The average molecular weight is 441 g/mol. The van der Waals surface area contributed by atoms with Gasteiger partial charge in [-0.3, -0.25) is 4.72 Å². The first-order valence-corrected chi connectivity index (χ1v) is 9.05. The van der Waals surface area contributed by atoms with Gasteiger partial charge < -0.3 is 5.11 Å². The Labute approximate surface area is 135 Å². The van der Waals surface area contributed by atoms with E-state index in [0.717, 1.165) is 17.4 Å². The van der Waals surface area contributed by atoms with Crippen LogP contribution in [0.25, 0.3) is 0 Å². The fraction of sp³-hybridized carbons (Fsp3) is 0. The maximum Gasteiger partial charge on any atom is 0.345 e. The van der Waals surface area contributed by atoms with Gasteiger partial charge in [-0.15, -0.1) is 11.3 Å². The standard InChI is InChI=1S/C11H7Br2NO4S2/c12-7-2-1-3-8(13)10(7)14-20(17,18)6-4-9(11(15)16)19-5-6/h1-5,14H,(H,15,16). The normalized spacial score (nSPS) is 11.3. The zero-order valence-electron chi connectivity index (χ0n) is 9.63. The van der Waals surface area contributed by atoms with E-state index >= 15 is 0 Å². The molecule has 0 aliphatic heterocycles. The predicted molar refractivity (Wildman–Crippen MR) is 83.9 cm³/mol. The quantitative estimate of drug-likeness (QED) is 0.757. The summed E-state index contributed by atoms with van der Waals surface area (Å²) in [5.41, 5.74) is 0.357. The Morgan fingerprint density at radius 2 is 1.85 bits per heavy atom. The summed E-state index contributed by atoms with van der Waals surface area (Å²) in [5.74, 6) is -1.15. The van der Waals surface area contributed by atoms with E-state index in [4.69, 9.17) is 5.11 Å². The van der Waals surface area contributed by atoms with E-state index in [2.05, 4.69) is 36.6 Å². The van der Waals surface area contributed by atoms with Gasteiger partial charge >= 0.3 is 5.97 Å². The highest BCUT2D eigenvalue weighted by Crippen LogP contribution is 2.33. The van der Waals surface area contributed by atoms with Gasteiger partial charge in [0, 0.05) is 14.3 Å². The number of carboxylic acid groups (broad SMARTS) is 1. The van der Waals surface area contributed by atoms with E-state index < -0.39 is 16.0 Å². The predicted octanol–water partition coefficient (Wildman–Crippen LogP) is 3.77. The third-order valence-corrected chi connectivity index (χ3v) is 6.01. The van der Waals surface area contributed by atoms with Crippen LogP contribution in [0.2, 0.25) is 0 Å². The van der Waals surface area contributed by atoms with Crippen molar-refractivity contribution in [2.24, 2.45) is 0 Å². The molecule has 0 amide bonds. The van der Waals surface area contributed by atoms with E-state index in [-0.39, 0.29) is 9.77 Å². The van der Waals surface area contributed by atoms with Crippen LogP contribution in [0, 0.1) is 0 Å². The Morgan fingerprint density at radius 1 is 1.25 bits per heavy atom. The van der Waals surface area contributed by atoms with Gasteiger partial charge in [0.25, 0.3) is 10.0 Å². The number of para-hydroxylation sites is 1. The summed E-state index contributed by atoms with van der Waals surface area (Å²) in [5, 5.41) is 10.1. The molecule has 0 bridgehead atoms. The second-order valence-electron chi connectivity index (χ2n) is 3.65. The van der Waals surface area contributed by atoms with Crippen molar-refractivity contribution in [1.82, 2.24) is 0 Å². The topological polar surface area (TPSA) is 83.5 Å².